The van der Waals surface area contributed by atoms with Crippen LogP contribution in [0.15, 0.2) is 66.1 Å². The summed E-state index contributed by atoms with van der Waals surface area (Å²) in [6.45, 7) is 6.10. The first-order valence-electron chi connectivity index (χ1n) is 8.58. The van der Waals surface area contributed by atoms with E-state index in [1.165, 1.54) is 11.8 Å². The van der Waals surface area contributed by atoms with Crippen molar-refractivity contribution in [1.82, 2.24) is 4.90 Å². The molecule has 3 rings (SSSR count). The molecule has 27 heavy (non-hydrogen) atoms. The van der Waals surface area contributed by atoms with Crippen LogP contribution in [0.4, 0.5) is 5.69 Å². The molecule has 1 unspecified atom stereocenters. The van der Waals surface area contributed by atoms with Gasteiger partial charge in [-0.2, -0.15) is 0 Å². The van der Waals surface area contributed by atoms with Crippen molar-refractivity contribution in [3.05, 3.63) is 71.8 Å². The van der Waals surface area contributed by atoms with Crippen molar-refractivity contribution in [2.24, 2.45) is 0 Å². The molecule has 0 saturated heterocycles. The number of fused-ring (bicyclic) bond motifs is 1. The molecule has 1 atom stereocenters. The van der Waals surface area contributed by atoms with E-state index >= 15 is 0 Å². The molecule has 2 amide bonds. The van der Waals surface area contributed by atoms with E-state index in [-0.39, 0.29) is 11.8 Å². The first-order valence-corrected chi connectivity index (χ1v) is 9.78. The van der Waals surface area contributed by atoms with Gasteiger partial charge in [0, 0.05) is 30.1 Å². The molecule has 0 bridgehead atoms. The molecule has 1 heterocycles. The van der Waals surface area contributed by atoms with Crippen molar-refractivity contribution in [2.75, 3.05) is 18.5 Å². The minimum Gasteiger partial charge on any atom is -0.333 e. The lowest BCUT2D eigenvalue weighted by Gasteiger charge is -2.39. The third-order valence-electron chi connectivity index (χ3n) is 4.62. The van der Waals surface area contributed by atoms with Crippen molar-refractivity contribution in [3.63, 3.8) is 0 Å². The average Bonchev–Trinajstić information content (AvgIpc) is 2.67. The Morgan fingerprint density at radius 1 is 1.26 bits per heavy atom. The summed E-state index contributed by atoms with van der Waals surface area (Å²) in [5, 5.41) is 0.592. The van der Waals surface area contributed by atoms with Gasteiger partial charge >= 0.3 is 0 Å². The van der Waals surface area contributed by atoms with E-state index in [0.717, 1.165) is 16.1 Å². The normalized spacial score (nSPS) is 18.8. The summed E-state index contributed by atoms with van der Waals surface area (Å²) in [4.78, 5) is 30.6. The molecule has 2 aromatic carbocycles. The Labute approximate surface area is 168 Å². The highest BCUT2D eigenvalue weighted by Crippen LogP contribution is 2.45. The van der Waals surface area contributed by atoms with Crippen LogP contribution in [0, 0.1) is 0 Å². The van der Waals surface area contributed by atoms with E-state index < -0.39 is 4.75 Å². The molecular weight excluding hydrogens is 380 g/mol. The SMILES string of the molecule is C=CCN(Cc1ccccc1Cl)C(=O)C1(C)Sc2ccccc2N(C)C1=O. The number of para-hydroxylation sites is 1. The molecule has 0 aliphatic carbocycles. The number of hydrogen-bond donors (Lipinski definition) is 0. The average molecular weight is 401 g/mol. The topological polar surface area (TPSA) is 40.6 Å². The number of anilines is 1. The largest absolute Gasteiger partial charge is 0.333 e. The second-order valence-electron chi connectivity index (χ2n) is 6.53. The van der Waals surface area contributed by atoms with Gasteiger partial charge in [-0.3, -0.25) is 9.59 Å². The fourth-order valence-electron chi connectivity index (χ4n) is 3.16. The van der Waals surface area contributed by atoms with Crippen LogP contribution in [-0.2, 0) is 16.1 Å². The fraction of sp³-hybridized carbons (Fsp3) is 0.238. The molecular formula is C21H21ClN2O2S. The summed E-state index contributed by atoms with van der Waals surface area (Å²) in [7, 11) is 1.71. The number of benzene rings is 2. The predicted octanol–water partition coefficient (Wildman–Crippen LogP) is 4.38. The second kappa shape index (κ2) is 7.79. The number of carbonyl (C=O) groups excluding carboxylic acids is 2. The summed E-state index contributed by atoms with van der Waals surface area (Å²) in [5.41, 5.74) is 1.65. The van der Waals surface area contributed by atoms with Crippen LogP contribution >= 0.6 is 23.4 Å². The Morgan fingerprint density at radius 2 is 1.93 bits per heavy atom. The molecule has 2 aromatic rings. The molecule has 0 radical (unpaired) electrons. The van der Waals surface area contributed by atoms with E-state index in [9.17, 15) is 9.59 Å². The molecule has 0 saturated carbocycles. The maximum absolute atomic E-state index is 13.5. The van der Waals surface area contributed by atoms with Crippen molar-refractivity contribution in [2.45, 2.75) is 23.1 Å². The Kier molecular flexibility index (Phi) is 5.63. The molecule has 0 spiro atoms. The van der Waals surface area contributed by atoms with Gasteiger partial charge in [0.15, 0.2) is 4.75 Å². The van der Waals surface area contributed by atoms with E-state index in [0.29, 0.717) is 18.1 Å². The first-order chi connectivity index (χ1) is 12.9. The number of carbonyl (C=O) groups is 2. The monoisotopic (exact) mass is 400 g/mol. The summed E-state index contributed by atoms with van der Waals surface area (Å²) in [6.07, 6.45) is 1.66. The molecule has 0 N–H and O–H groups in total. The number of thioether (sulfide) groups is 1. The zero-order chi connectivity index (χ0) is 19.6. The van der Waals surface area contributed by atoms with E-state index in [1.54, 1.807) is 35.9 Å². The van der Waals surface area contributed by atoms with Crippen LogP contribution < -0.4 is 4.90 Å². The van der Waals surface area contributed by atoms with Gasteiger partial charge in [-0.15, -0.1) is 6.58 Å². The number of amides is 2. The third-order valence-corrected chi connectivity index (χ3v) is 6.31. The second-order valence-corrected chi connectivity index (χ2v) is 8.40. The quantitative estimate of drug-likeness (QED) is 0.552. The van der Waals surface area contributed by atoms with Crippen molar-refractivity contribution in [3.8, 4) is 0 Å². The van der Waals surface area contributed by atoms with Gasteiger partial charge in [0.05, 0.1) is 5.69 Å². The Morgan fingerprint density at radius 3 is 2.63 bits per heavy atom. The summed E-state index contributed by atoms with van der Waals surface area (Å²) >= 11 is 7.57. The highest BCUT2D eigenvalue weighted by molar-refractivity contribution is 8.02. The lowest BCUT2D eigenvalue weighted by atomic mass is 10.1. The van der Waals surface area contributed by atoms with E-state index in [2.05, 4.69) is 6.58 Å². The molecule has 6 heteroatoms. The number of hydrogen-bond acceptors (Lipinski definition) is 3. The van der Waals surface area contributed by atoms with E-state index in [1.807, 2.05) is 42.5 Å². The molecule has 0 aromatic heterocycles. The van der Waals surface area contributed by atoms with Crippen molar-refractivity contribution >= 4 is 40.9 Å². The van der Waals surface area contributed by atoms with Gasteiger partial charge in [0.2, 0.25) is 5.91 Å². The van der Waals surface area contributed by atoms with Crippen LogP contribution in [0.1, 0.15) is 12.5 Å². The van der Waals surface area contributed by atoms with E-state index in [4.69, 9.17) is 11.6 Å². The highest BCUT2D eigenvalue weighted by Gasteiger charge is 2.49. The van der Waals surface area contributed by atoms with Crippen LogP contribution in [0.2, 0.25) is 5.02 Å². The standard InChI is InChI=1S/C21H21ClN2O2S/c1-4-13-24(14-15-9-5-6-10-16(15)22)20(26)21(2)19(25)23(3)17-11-7-8-12-18(17)27-21/h4-12H,1,13-14H2,2-3H3. The fourth-order valence-corrected chi connectivity index (χ4v) is 4.69. The molecule has 0 fully saturated rings. The zero-order valence-corrected chi connectivity index (χ0v) is 16.9. The van der Waals surface area contributed by atoms with Crippen LogP contribution in [0.5, 0.6) is 0 Å². The minimum atomic E-state index is -1.24. The van der Waals surface area contributed by atoms with Crippen LogP contribution in [-0.4, -0.2) is 35.1 Å². The Balaban J connectivity index is 1.94. The summed E-state index contributed by atoms with van der Waals surface area (Å²) in [5.74, 6) is -0.483. The highest BCUT2D eigenvalue weighted by atomic mass is 35.5. The smallest absolute Gasteiger partial charge is 0.252 e. The first kappa shape index (κ1) is 19.5. The predicted molar refractivity (Wildman–Crippen MR) is 111 cm³/mol. The van der Waals surface area contributed by atoms with Gasteiger partial charge < -0.3 is 9.80 Å². The number of rotatable bonds is 5. The van der Waals surface area contributed by atoms with Gasteiger partial charge in [-0.25, -0.2) is 0 Å². The number of nitrogens with zero attached hydrogens (tertiary/aromatic N) is 2. The van der Waals surface area contributed by atoms with Gasteiger partial charge in [0.1, 0.15) is 0 Å². The maximum Gasteiger partial charge on any atom is 0.252 e. The number of halogens is 1. The van der Waals surface area contributed by atoms with Crippen LogP contribution in [0.25, 0.3) is 0 Å². The summed E-state index contributed by atoms with van der Waals surface area (Å²) < 4.78 is -1.24. The van der Waals surface area contributed by atoms with Gasteiger partial charge in [-0.1, -0.05) is 59.8 Å². The van der Waals surface area contributed by atoms with Crippen molar-refractivity contribution in [1.29, 1.82) is 0 Å². The van der Waals surface area contributed by atoms with Gasteiger partial charge in [-0.05, 0) is 30.7 Å². The Bertz CT molecular complexity index is 901. The van der Waals surface area contributed by atoms with Gasteiger partial charge in [0.25, 0.3) is 5.91 Å². The molecule has 1 aliphatic heterocycles. The third kappa shape index (κ3) is 3.62. The maximum atomic E-state index is 13.5. The molecule has 1 aliphatic rings. The zero-order valence-electron chi connectivity index (χ0n) is 15.3. The summed E-state index contributed by atoms with van der Waals surface area (Å²) in [6, 6.07) is 15.0. The lowest BCUT2D eigenvalue weighted by molar-refractivity contribution is -0.138. The van der Waals surface area contributed by atoms with Crippen LogP contribution in [0.3, 0.4) is 0 Å². The molecule has 4 nitrogen and oxygen atoms in total. The molecule has 140 valence electrons. The van der Waals surface area contributed by atoms with Crippen molar-refractivity contribution < 1.29 is 9.59 Å². The minimum absolute atomic E-state index is 0.232. The lowest BCUT2D eigenvalue weighted by Crippen LogP contribution is -2.56. The Hall–Kier alpha value is -2.24.